The molecule has 4 N–H and O–H groups in total. The number of hydrogen-bond acceptors (Lipinski definition) is 3. The van der Waals surface area contributed by atoms with Crippen molar-refractivity contribution in [3.05, 3.63) is 89.5 Å². The van der Waals surface area contributed by atoms with Crippen molar-refractivity contribution in [3.63, 3.8) is 0 Å². The first-order chi connectivity index (χ1) is 15.6. The van der Waals surface area contributed by atoms with E-state index in [0.717, 1.165) is 11.3 Å². The minimum Gasteiger partial charge on any atom is -0.449 e. The molecule has 1 aliphatic rings. The molecule has 0 radical (unpaired) electrons. The zero-order chi connectivity index (χ0) is 22.3. The van der Waals surface area contributed by atoms with E-state index in [4.69, 9.17) is 22.7 Å². The number of amides is 1. The molecule has 4 rings (SSSR count). The van der Waals surface area contributed by atoms with E-state index in [1.165, 1.54) is 22.3 Å². The molecular weight excluding hydrogens is 418 g/mol. The van der Waals surface area contributed by atoms with Crippen molar-refractivity contribution in [2.24, 2.45) is 5.73 Å². The second kappa shape index (κ2) is 9.99. The third-order valence-corrected chi connectivity index (χ3v) is 5.33. The van der Waals surface area contributed by atoms with Gasteiger partial charge < -0.3 is 21.1 Å². The molecule has 0 saturated heterocycles. The van der Waals surface area contributed by atoms with E-state index >= 15 is 0 Å². The Balaban J connectivity index is 1.27. The van der Waals surface area contributed by atoms with Gasteiger partial charge in [-0.05, 0) is 52.7 Å². The van der Waals surface area contributed by atoms with E-state index in [-0.39, 0.29) is 11.0 Å². The quantitative estimate of drug-likeness (QED) is 0.306. The minimum atomic E-state index is -0.434. The number of hydrogen-bond donors (Lipinski definition) is 3. The summed E-state index contributed by atoms with van der Waals surface area (Å²) in [6.45, 7) is 0.711. The van der Waals surface area contributed by atoms with Crippen molar-refractivity contribution in [1.82, 2.24) is 5.32 Å². The summed E-state index contributed by atoms with van der Waals surface area (Å²) in [5.74, 6) is 6.16. The highest BCUT2D eigenvalue weighted by Crippen LogP contribution is 2.44. The molecule has 1 aliphatic carbocycles. The Bertz CT molecular complexity index is 1170. The fraction of sp³-hybridized carbons (Fsp3) is 0.154. The summed E-state index contributed by atoms with van der Waals surface area (Å²) in [4.78, 5) is 12.2. The molecule has 1 amide bonds. The molecule has 3 aromatic carbocycles. The summed E-state index contributed by atoms with van der Waals surface area (Å²) in [7, 11) is 0. The standard InChI is InChI=1S/C26H23N3O2S/c27-25(32)29-19-10-7-9-18(16-19)8-5-6-15-28-26(30)31-17-24-22-13-3-1-11-20(22)21-12-2-4-14-23(21)24/h1-4,7,9-14,16,24H,6,15,17H2,(H,28,30)(H3,27,29,32). The van der Waals surface area contributed by atoms with Gasteiger partial charge in [-0.3, -0.25) is 0 Å². The van der Waals surface area contributed by atoms with Crippen molar-refractivity contribution in [2.75, 3.05) is 18.5 Å². The molecule has 0 atom stereocenters. The van der Waals surface area contributed by atoms with Crippen LogP contribution < -0.4 is 16.4 Å². The Kier molecular flexibility index (Phi) is 6.69. The van der Waals surface area contributed by atoms with Crippen LogP contribution in [0, 0.1) is 11.8 Å². The normalized spacial score (nSPS) is 11.5. The van der Waals surface area contributed by atoms with E-state index in [1.807, 2.05) is 48.5 Å². The topological polar surface area (TPSA) is 76.4 Å². The first-order valence-electron chi connectivity index (χ1n) is 10.4. The van der Waals surface area contributed by atoms with Crippen molar-refractivity contribution in [2.45, 2.75) is 12.3 Å². The monoisotopic (exact) mass is 441 g/mol. The molecule has 5 nitrogen and oxygen atoms in total. The van der Waals surface area contributed by atoms with Crippen molar-refractivity contribution in [3.8, 4) is 23.0 Å². The molecular formula is C26H23N3O2S. The second-order valence-electron chi connectivity index (χ2n) is 7.37. The van der Waals surface area contributed by atoms with Crippen molar-refractivity contribution in [1.29, 1.82) is 0 Å². The summed E-state index contributed by atoms with van der Waals surface area (Å²) in [5, 5.41) is 5.86. The second-order valence-corrected chi connectivity index (χ2v) is 7.81. The number of anilines is 1. The maximum atomic E-state index is 12.2. The van der Waals surface area contributed by atoms with E-state index in [2.05, 4.69) is 46.7 Å². The van der Waals surface area contributed by atoms with Crippen molar-refractivity contribution >= 4 is 29.1 Å². The van der Waals surface area contributed by atoms with Gasteiger partial charge in [0.1, 0.15) is 6.61 Å². The fourth-order valence-corrected chi connectivity index (χ4v) is 3.98. The predicted octanol–water partition coefficient (Wildman–Crippen LogP) is 4.62. The van der Waals surface area contributed by atoms with Crippen LogP contribution in [0.2, 0.25) is 0 Å². The number of rotatable bonds is 5. The zero-order valence-corrected chi connectivity index (χ0v) is 18.2. The van der Waals surface area contributed by atoms with Gasteiger partial charge in [0, 0.05) is 30.1 Å². The average Bonchev–Trinajstić information content (AvgIpc) is 3.11. The highest BCUT2D eigenvalue weighted by molar-refractivity contribution is 7.80. The van der Waals surface area contributed by atoms with Crippen LogP contribution in [0.25, 0.3) is 11.1 Å². The lowest BCUT2D eigenvalue weighted by atomic mass is 9.98. The van der Waals surface area contributed by atoms with Gasteiger partial charge >= 0.3 is 6.09 Å². The molecule has 0 fully saturated rings. The summed E-state index contributed by atoms with van der Waals surface area (Å²) in [6.07, 6.45) is 0.0771. The van der Waals surface area contributed by atoms with Crippen LogP contribution in [0.3, 0.4) is 0 Å². The number of nitrogens with one attached hydrogen (secondary N) is 2. The molecule has 32 heavy (non-hydrogen) atoms. The number of benzene rings is 3. The number of carbonyl (C=O) groups is 1. The van der Waals surface area contributed by atoms with Crippen LogP contribution >= 0.6 is 12.2 Å². The Morgan fingerprint density at radius 1 is 1.00 bits per heavy atom. The third kappa shape index (κ3) is 5.08. The minimum absolute atomic E-state index is 0.0511. The van der Waals surface area contributed by atoms with E-state index in [9.17, 15) is 4.79 Å². The van der Waals surface area contributed by atoms with Gasteiger partial charge in [0.2, 0.25) is 0 Å². The number of alkyl carbamates (subject to hydrolysis) is 1. The first-order valence-corrected chi connectivity index (χ1v) is 10.8. The molecule has 0 aliphatic heterocycles. The molecule has 0 spiro atoms. The fourth-order valence-electron chi connectivity index (χ4n) is 3.86. The molecule has 0 unspecified atom stereocenters. The average molecular weight is 442 g/mol. The number of thiocarbonyl (C=S) groups is 1. The van der Waals surface area contributed by atoms with Crippen molar-refractivity contribution < 1.29 is 9.53 Å². The summed E-state index contributed by atoms with van der Waals surface area (Å²) >= 11 is 4.84. The predicted molar refractivity (Wildman–Crippen MR) is 131 cm³/mol. The highest BCUT2D eigenvalue weighted by Gasteiger charge is 2.28. The maximum absolute atomic E-state index is 12.2. The van der Waals surface area contributed by atoms with Crippen LogP contribution in [0.4, 0.5) is 10.5 Å². The number of ether oxygens (including phenoxy) is 1. The summed E-state index contributed by atoms with van der Waals surface area (Å²) in [6, 6.07) is 24.0. The number of nitrogens with two attached hydrogens (primary N) is 1. The molecule has 0 aromatic heterocycles. The van der Waals surface area contributed by atoms with Gasteiger partial charge in [-0.25, -0.2) is 4.79 Å². The van der Waals surface area contributed by atoms with Gasteiger partial charge in [0.25, 0.3) is 0 Å². The SMILES string of the molecule is NC(=S)Nc1cccc(C#CCCNC(=O)OCC2c3ccccc3-c3ccccc32)c1. The molecule has 3 aromatic rings. The highest BCUT2D eigenvalue weighted by atomic mass is 32.1. The lowest BCUT2D eigenvalue weighted by Gasteiger charge is -2.14. The third-order valence-electron chi connectivity index (χ3n) is 5.23. The van der Waals surface area contributed by atoms with Gasteiger partial charge in [-0.2, -0.15) is 0 Å². The molecule has 0 saturated carbocycles. The Morgan fingerprint density at radius 2 is 1.69 bits per heavy atom. The van der Waals surface area contributed by atoms with Crippen LogP contribution in [0.1, 0.15) is 29.0 Å². The zero-order valence-electron chi connectivity index (χ0n) is 17.4. The van der Waals surface area contributed by atoms with Gasteiger partial charge in [-0.1, -0.05) is 66.4 Å². The smallest absolute Gasteiger partial charge is 0.407 e. The van der Waals surface area contributed by atoms with Crippen LogP contribution in [-0.4, -0.2) is 24.4 Å². The molecule has 0 heterocycles. The Labute approximate surface area is 193 Å². The Hall–Kier alpha value is -3.82. The first kappa shape index (κ1) is 21.4. The van der Waals surface area contributed by atoms with Crippen LogP contribution in [0.5, 0.6) is 0 Å². The molecule has 6 heteroatoms. The number of carbonyl (C=O) groups excluding carboxylic acids is 1. The summed E-state index contributed by atoms with van der Waals surface area (Å²) in [5.41, 5.74) is 11.9. The number of fused-ring (bicyclic) bond motifs is 3. The van der Waals surface area contributed by atoms with Gasteiger partial charge in [-0.15, -0.1) is 0 Å². The van der Waals surface area contributed by atoms with Crippen LogP contribution in [-0.2, 0) is 4.74 Å². The lowest BCUT2D eigenvalue weighted by Crippen LogP contribution is -2.26. The van der Waals surface area contributed by atoms with E-state index in [0.29, 0.717) is 19.6 Å². The summed E-state index contributed by atoms with van der Waals surface area (Å²) < 4.78 is 5.53. The van der Waals surface area contributed by atoms with E-state index < -0.39 is 6.09 Å². The largest absolute Gasteiger partial charge is 0.449 e. The van der Waals surface area contributed by atoms with Crippen LogP contribution in [0.15, 0.2) is 72.8 Å². The van der Waals surface area contributed by atoms with Gasteiger partial charge in [0.05, 0.1) is 0 Å². The van der Waals surface area contributed by atoms with E-state index in [1.54, 1.807) is 0 Å². The lowest BCUT2D eigenvalue weighted by molar-refractivity contribution is 0.143. The van der Waals surface area contributed by atoms with Gasteiger partial charge in [0.15, 0.2) is 5.11 Å². The maximum Gasteiger partial charge on any atom is 0.407 e. The molecule has 160 valence electrons. The Morgan fingerprint density at radius 3 is 2.38 bits per heavy atom. The molecule has 0 bridgehead atoms.